The summed E-state index contributed by atoms with van der Waals surface area (Å²) in [5.74, 6) is 1.14. The van der Waals surface area contributed by atoms with Gasteiger partial charge in [0.2, 0.25) is 0 Å². The van der Waals surface area contributed by atoms with Gasteiger partial charge >= 0.3 is 0 Å². The molecular formula is C36H44. The molecule has 36 heavy (non-hydrogen) atoms. The van der Waals surface area contributed by atoms with Crippen molar-refractivity contribution in [1.82, 2.24) is 0 Å². The molecule has 0 amide bonds. The highest BCUT2D eigenvalue weighted by Crippen LogP contribution is 2.41. The maximum atomic E-state index is 2.39. The number of allylic oxidation sites excluding steroid dienone is 20. The molecule has 0 heterocycles. The van der Waals surface area contributed by atoms with Gasteiger partial charge < -0.3 is 0 Å². The average molecular weight is 477 g/mol. The van der Waals surface area contributed by atoms with Gasteiger partial charge in [0.1, 0.15) is 0 Å². The minimum absolute atomic E-state index is 0.552. The molecule has 6 aliphatic rings. The third kappa shape index (κ3) is 6.39. The first-order valence-electron chi connectivity index (χ1n) is 13.9. The highest BCUT2D eigenvalue weighted by Gasteiger charge is 2.24. The fourth-order valence-electron chi connectivity index (χ4n) is 5.18. The summed E-state index contributed by atoms with van der Waals surface area (Å²) in [6.07, 6.45) is 33.9. The number of hydrogen-bond donors (Lipinski definition) is 0. The first-order valence-corrected chi connectivity index (χ1v) is 13.9. The zero-order valence-corrected chi connectivity index (χ0v) is 23.7. The van der Waals surface area contributed by atoms with Crippen molar-refractivity contribution in [3.05, 3.63) is 142 Å². The molecule has 0 nitrogen and oxygen atoms in total. The Morgan fingerprint density at radius 3 is 2.19 bits per heavy atom. The topological polar surface area (TPSA) is 0 Å². The maximum absolute atomic E-state index is 2.39. The van der Waals surface area contributed by atoms with Gasteiger partial charge in [-0.15, -0.1) is 0 Å². The summed E-state index contributed by atoms with van der Waals surface area (Å²) in [6, 6.07) is 0. The van der Waals surface area contributed by atoms with Crippen molar-refractivity contribution < 1.29 is 0 Å². The van der Waals surface area contributed by atoms with E-state index >= 15 is 0 Å². The fraction of sp³-hybridized carbons (Fsp3) is 0.333. The molecule has 0 heteroatoms. The second-order valence-electron chi connectivity index (χ2n) is 9.72. The van der Waals surface area contributed by atoms with Crippen molar-refractivity contribution in [2.75, 3.05) is 0 Å². The van der Waals surface area contributed by atoms with Crippen molar-refractivity contribution in [3.63, 3.8) is 0 Å². The van der Waals surface area contributed by atoms with E-state index in [4.69, 9.17) is 0 Å². The highest BCUT2D eigenvalue weighted by atomic mass is 14.3. The zero-order chi connectivity index (χ0) is 26.2. The Balaban J connectivity index is 0.000000177. The average Bonchev–Trinajstić information content (AvgIpc) is 2.90. The van der Waals surface area contributed by atoms with Crippen LogP contribution in [0.5, 0.6) is 0 Å². The van der Waals surface area contributed by atoms with E-state index in [1.807, 2.05) is 27.7 Å². The summed E-state index contributed by atoms with van der Waals surface area (Å²) in [5, 5.41) is 0. The van der Waals surface area contributed by atoms with Gasteiger partial charge in [0.25, 0.3) is 0 Å². The molecule has 0 saturated carbocycles. The summed E-state index contributed by atoms with van der Waals surface area (Å²) in [6.45, 7) is 16.9. The predicted octanol–water partition coefficient (Wildman–Crippen LogP) is 10.3. The second kappa shape index (κ2) is 13.1. The molecule has 0 fully saturated rings. The largest absolute Gasteiger partial charge is 0.0809 e. The second-order valence-corrected chi connectivity index (χ2v) is 9.72. The van der Waals surface area contributed by atoms with E-state index in [1.54, 1.807) is 5.57 Å². The normalized spacial score (nSPS) is 25.1. The van der Waals surface area contributed by atoms with Crippen LogP contribution in [0, 0.1) is 37.5 Å². The third-order valence-electron chi connectivity index (χ3n) is 7.11. The maximum Gasteiger partial charge on any atom is 0.0170 e. The van der Waals surface area contributed by atoms with Crippen LogP contribution in [0.3, 0.4) is 0 Å². The van der Waals surface area contributed by atoms with Crippen LogP contribution in [-0.4, -0.2) is 0 Å². The van der Waals surface area contributed by atoms with E-state index in [9.17, 15) is 0 Å². The Bertz CT molecular complexity index is 1140. The van der Waals surface area contributed by atoms with Crippen LogP contribution in [0.1, 0.15) is 68.2 Å². The van der Waals surface area contributed by atoms with Crippen molar-refractivity contribution in [2.45, 2.75) is 68.2 Å². The Morgan fingerprint density at radius 2 is 1.42 bits per heavy atom. The van der Waals surface area contributed by atoms with Gasteiger partial charge in [-0.1, -0.05) is 125 Å². The van der Waals surface area contributed by atoms with Crippen LogP contribution in [0.2, 0.25) is 0 Å². The van der Waals surface area contributed by atoms with Gasteiger partial charge in [-0.3, -0.25) is 0 Å². The van der Waals surface area contributed by atoms with Crippen LogP contribution in [-0.2, 0) is 0 Å². The molecule has 0 spiro atoms. The smallest absolute Gasteiger partial charge is 0.0170 e. The van der Waals surface area contributed by atoms with E-state index in [0.29, 0.717) is 11.8 Å². The Labute approximate surface area is 222 Å². The molecule has 2 unspecified atom stereocenters. The molecule has 0 aromatic carbocycles. The predicted molar refractivity (Wildman–Crippen MR) is 160 cm³/mol. The minimum Gasteiger partial charge on any atom is -0.0809 e. The Kier molecular flexibility index (Phi) is 10.2. The van der Waals surface area contributed by atoms with Gasteiger partial charge in [0.05, 0.1) is 0 Å². The van der Waals surface area contributed by atoms with Crippen LogP contribution >= 0.6 is 0 Å². The van der Waals surface area contributed by atoms with Crippen molar-refractivity contribution in [3.8, 4) is 0 Å². The summed E-state index contributed by atoms with van der Waals surface area (Å²) in [7, 11) is 0. The standard InChI is InChI=1S/2C16H16.2C2H6/c2*1-11-6-7-13-9-14-5-3-4-12(2)16(14)10-15(13)8-11;2*1-2/h3-7,9-10,12H,8H2,1-2H3;3-9,12H,10H2,1-2H3;2*1-2H3. The lowest BCUT2D eigenvalue weighted by Crippen LogP contribution is -2.12. The molecule has 6 rings (SSSR count). The molecule has 0 aromatic rings. The molecule has 0 aromatic heterocycles. The van der Waals surface area contributed by atoms with Gasteiger partial charge in [-0.25, -0.2) is 0 Å². The van der Waals surface area contributed by atoms with Crippen LogP contribution in [0.4, 0.5) is 0 Å². The van der Waals surface area contributed by atoms with E-state index in [0.717, 1.165) is 12.8 Å². The minimum atomic E-state index is 0.552. The summed E-state index contributed by atoms with van der Waals surface area (Å²) in [5.41, 5.74) is 14.4. The molecule has 0 aliphatic heterocycles. The first-order chi connectivity index (χ1) is 17.5. The van der Waals surface area contributed by atoms with Gasteiger partial charge in [-0.2, -0.15) is 0 Å². The van der Waals surface area contributed by atoms with Crippen LogP contribution < -0.4 is 0 Å². The van der Waals surface area contributed by atoms with Gasteiger partial charge in [-0.05, 0) is 72.0 Å². The summed E-state index contributed by atoms with van der Waals surface area (Å²) >= 11 is 0. The monoisotopic (exact) mass is 476 g/mol. The molecule has 2 atom stereocenters. The molecule has 6 aliphatic carbocycles. The van der Waals surface area contributed by atoms with E-state index in [-0.39, 0.29) is 0 Å². The highest BCUT2D eigenvalue weighted by molar-refractivity contribution is 5.63. The van der Waals surface area contributed by atoms with Gasteiger partial charge in [0.15, 0.2) is 0 Å². The molecule has 0 saturated heterocycles. The molecule has 4 radical (unpaired) electrons. The van der Waals surface area contributed by atoms with Gasteiger partial charge in [0, 0.05) is 25.7 Å². The summed E-state index contributed by atoms with van der Waals surface area (Å²) < 4.78 is 0. The first kappa shape index (κ1) is 28.0. The van der Waals surface area contributed by atoms with Crippen LogP contribution in [0.15, 0.2) is 116 Å². The van der Waals surface area contributed by atoms with Crippen molar-refractivity contribution in [2.24, 2.45) is 11.8 Å². The van der Waals surface area contributed by atoms with Crippen LogP contribution in [0.25, 0.3) is 0 Å². The molecule has 0 N–H and O–H groups in total. The summed E-state index contributed by atoms with van der Waals surface area (Å²) in [4.78, 5) is 0. The van der Waals surface area contributed by atoms with Crippen molar-refractivity contribution >= 4 is 0 Å². The lowest BCUT2D eigenvalue weighted by molar-refractivity contribution is 0.791. The SMILES string of the molecule is CC.CC.CC1=C[CH]C2=C(C=C3C(=CC=CC3C)[CH]2)C1.CC1=C[CH]C2=CC3=C(CC2=C1)C(C)C=C[CH]3. The number of rotatable bonds is 0. The lowest BCUT2D eigenvalue weighted by Gasteiger charge is -2.28. The molecule has 0 bridgehead atoms. The third-order valence-corrected chi connectivity index (χ3v) is 7.11. The zero-order valence-electron chi connectivity index (χ0n) is 23.7. The Morgan fingerprint density at radius 1 is 0.667 bits per heavy atom. The molecular weight excluding hydrogens is 432 g/mol. The van der Waals surface area contributed by atoms with E-state index < -0.39 is 0 Å². The van der Waals surface area contributed by atoms with Crippen molar-refractivity contribution in [1.29, 1.82) is 0 Å². The quantitative estimate of drug-likeness (QED) is 0.326. The van der Waals surface area contributed by atoms with E-state index in [2.05, 4.69) is 114 Å². The number of hydrogen-bond acceptors (Lipinski definition) is 0. The number of fused-ring (bicyclic) bond motifs is 2. The lowest BCUT2D eigenvalue weighted by atomic mass is 9.76. The molecule has 188 valence electrons. The fourth-order valence-corrected chi connectivity index (χ4v) is 5.18. The Hall–Kier alpha value is -2.60. The van der Waals surface area contributed by atoms with E-state index in [1.165, 1.54) is 50.2 Å².